The van der Waals surface area contributed by atoms with Crippen molar-refractivity contribution in [2.75, 3.05) is 11.4 Å². The van der Waals surface area contributed by atoms with Crippen LogP contribution in [-0.4, -0.2) is 17.4 Å². The van der Waals surface area contributed by atoms with Gasteiger partial charge >= 0.3 is 0 Å². The van der Waals surface area contributed by atoms with Gasteiger partial charge in [-0.2, -0.15) is 0 Å². The predicted molar refractivity (Wildman–Crippen MR) is 85.2 cm³/mol. The molecule has 2 heterocycles. The molecule has 3 aromatic rings. The third-order valence-electron chi connectivity index (χ3n) is 3.91. The SMILES string of the molecule is O=C1C[C@@H](c2nc3cc(Cl)ccc3o2)CN1c1ccccc1. The number of para-hydroxylation sites is 1. The van der Waals surface area contributed by atoms with Crippen molar-refractivity contribution in [3.05, 3.63) is 59.4 Å². The Labute approximate surface area is 132 Å². The van der Waals surface area contributed by atoms with Crippen molar-refractivity contribution in [1.82, 2.24) is 4.98 Å². The summed E-state index contributed by atoms with van der Waals surface area (Å²) in [4.78, 5) is 18.5. The van der Waals surface area contributed by atoms with Gasteiger partial charge < -0.3 is 9.32 Å². The second kappa shape index (κ2) is 5.14. The van der Waals surface area contributed by atoms with Crippen LogP contribution in [0.25, 0.3) is 11.1 Å². The van der Waals surface area contributed by atoms with Crippen LogP contribution in [0, 0.1) is 0 Å². The zero-order valence-electron chi connectivity index (χ0n) is 11.7. The molecule has 0 bridgehead atoms. The number of anilines is 1. The van der Waals surface area contributed by atoms with Gasteiger partial charge in [-0.15, -0.1) is 0 Å². The van der Waals surface area contributed by atoms with Gasteiger partial charge in [-0.3, -0.25) is 4.79 Å². The molecule has 4 nitrogen and oxygen atoms in total. The maximum atomic E-state index is 12.3. The standard InChI is InChI=1S/C17H13ClN2O2/c18-12-6-7-15-14(9-12)19-17(22-15)11-8-16(21)20(10-11)13-4-2-1-3-5-13/h1-7,9,11H,8,10H2/t11-/m1/s1. The minimum absolute atomic E-state index is 0.0288. The summed E-state index contributed by atoms with van der Waals surface area (Å²) in [5.41, 5.74) is 2.34. The van der Waals surface area contributed by atoms with Crippen molar-refractivity contribution in [3.8, 4) is 0 Å². The molecule has 0 spiro atoms. The van der Waals surface area contributed by atoms with Crippen molar-refractivity contribution in [2.45, 2.75) is 12.3 Å². The smallest absolute Gasteiger partial charge is 0.227 e. The van der Waals surface area contributed by atoms with E-state index in [1.807, 2.05) is 30.3 Å². The van der Waals surface area contributed by atoms with E-state index in [4.69, 9.17) is 16.0 Å². The lowest BCUT2D eigenvalue weighted by molar-refractivity contribution is -0.117. The van der Waals surface area contributed by atoms with E-state index in [2.05, 4.69) is 4.98 Å². The first-order valence-electron chi connectivity index (χ1n) is 7.12. The summed E-state index contributed by atoms with van der Waals surface area (Å²) in [5, 5.41) is 0.626. The Hall–Kier alpha value is -2.33. The zero-order valence-corrected chi connectivity index (χ0v) is 12.5. The lowest BCUT2D eigenvalue weighted by Gasteiger charge is -2.15. The summed E-state index contributed by atoms with van der Waals surface area (Å²) in [5.74, 6) is 0.666. The predicted octanol–water partition coefficient (Wildman–Crippen LogP) is 4.00. The largest absolute Gasteiger partial charge is 0.440 e. The van der Waals surface area contributed by atoms with Crippen molar-refractivity contribution in [3.63, 3.8) is 0 Å². The van der Waals surface area contributed by atoms with Crippen LogP contribution in [0.3, 0.4) is 0 Å². The van der Waals surface area contributed by atoms with E-state index in [1.165, 1.54) is 0 Å². The fraction of sp³-hybridized carbons (Fsp3) is 0.176. The molecule has 0 radical (unpaired) electrons. The summed E-state index contributed by atoms with van der Waals surface area (Å²) in [7, 11) is 0. The molecule has 0 saturated carbocycles. The molecule has 110 valence electrons. The van der Waals surface area contributed by atoms with Crippen LogP contribution in [0.1, 0.15) is 18.2 Å². The van der Waals surface area contributed by atoms with Crippen LogP contribution in [0.15, 0.2) is 52.9 Å². The molecule has 1 saturated heterocycles. The number of hydrogen-bond donors (Lipinski definition) is 0. The quantitative estimate of drug-likeness (QED) is 0.718. The number of carbonyl (C=O) groups excluding carboxylic acids is 1. The molecule has 0 unspecified atom stereocenters. The summed E-state index contributed by atoms with van der Waals surface area (Å²) >= 11 is 5.97. The van der Waals surface area contributed by atoms with Crippen LogP contribution in [0.4, 0.5) is 5.69 Å². The van der Waals surface area contributed by atoms with E-state index in [9.17, 15) is 4.79 Å². The maximum absolute atomic E-state index is 12.3. The topological polar surface area (TPSA) is 46.3 Å². The Morgan fingerprint density at radius 3 is 2.82 bits per heavy atom. The molecule has 1 aliphatic rings. The highest BCUT2D eigenvalue weighted by molar-refractivity contribution is 6.31. The zero-order chi connectivity index (χ0) is 15.1. The average molecular weight is 313 g/mol. The first-order chi connectivity index (χ1) is 10.7. The normalized spacial score (nSPS) is 18.3. The molecule has 1 atom stereocenters. The molecule has 1 aromatic heterocycles. The number of amides is 1. The fourth-order valence-corrected chi connectivity index (χ4v) is 2.99. The molecule has 0 N–H and O–H groups in total. The number of aromatic nitrogens is 1. The molecule has 22 heavy (non-hydrogen) atoms. The highest BCUT2D eigenvalue weighted by atomic mass is 35.5. The van der Waals surface area contributed by atoms with Crippen LogP contribution < -0.4 is 4.90 Å². The summed E-state index contributed by atoms with van der Waals surface area (Å²) < 4.78 is 5.79. The molecule has 2 aromatic carbocycles. The Morgan fingerprint density at radius 1 is 1.18 bits per heavy atom. The molecular formula is C17H13ClN2O2. The van der Waals surface area contributed by atoms with Gasteiger partial charge in [0.25, 0.3) is 0 Å². The average Bonchev–Trinajstić information content (AvgIpc) is 3.11. The van der Waals surface area contributed by atoms with Crippen molar-refractivity contribution >= 4 is 34.3 Å². The van der Waals surface area contributed by atoms with Gasteiger partial charge in [-0.1, -0.05) is 29.8 Å². The molecule has 5 heteroatoms. The van der Waals surface area contributed by atoms with Crippen LogP contribution in [0.5, 0.6) is 0 Å². The fourth-order valence-electron chi connectivity index (χ4n) is 2.82. The summed E-state index contributed by atoms with van der Waals surface area (Å²) in [6.45, 7) is 0.587. The van der Waals surface area contributed by atoms with Crippen molar-refractivity contribution in [1.29, 1.82) is 0 Å². The number of nitrogens with zero attached hydrogens (tertiary/aromatic N) is 2. The Kier molecular flexibility index (Phi) is 3.12. The van der Waals surface area contributed by atoms with E-state index < -0.39 is 0 Å². The van der Waals surface area contributed by atoms with Crippen LogP contribution in [-0.2, 0) is 4.79 Å². The van der Waals surface area contributed by atoms with E-state index in [0.29, 0.717) is 29.5 Å². The van der Waals surface area contributed by atoms with E-state index in [-0.39, 0.29) is 11.8 Å². The highest BCUT2D eigenvalue weighted by Gasteiger charge is 2.34. The van der Waals surface area contributed by atoms with Gasteiger partial charge in [0.1, 0.15) is 5.52 Å². The number of benzene rings is 2. The number of oxazole rings is 1. The number of halogens is 1. The second-order valence-corrected chi connectivity index (χ2v) is 5.84. The molecule has 1 aliphatic heterocycles. The number of carbonyl (C=O) groups is 1. The molecule has 4 rings (SSSR count). The van der Waals surface area contributed by atoms with Crippen LogP contribution >= 0.6 is 11.6 Å². The lowest BCUT2D eigenvalue weighted by atomic mass is 10.1. The molecule has 1 amide bonds. The first-order valence-corrected chi connectivity index (χ1v) is 7.50. The van der Waals surface area contributed by atoms with E-state index >= 15 is 0 Å². The van der Waals surface area contributed by atoms with Gasteiger partial charge in [-0.25, -0.2) is 4.98 Å². The third kappa shape index (κ3) is 2.25. The lowest BCUT2D eigenvalue weighted by Crippen LogP contribution is -2.24. The van der Waals surface area contributed by atoms with Gasteiger partial charge in [0.05, 0.1) is 5.92 Å². The Bertz CT molecular complexity index is 844. The van der Waals surface area contributed by atoms with Crippen molar-refractivity contribution in [2.24, 2.45) is 0 Å². The van der Waals surface area contributed by atoms with E-state index in [0.717, 1.165) is 11.2 Å². The maximum Gasteiger partial charge on any atom is 0.227 e. The molecular weight excluding hydrogens is 300 g/mol. The van der Waals surface area contributed by atoms with Gasteiger partial charge in [0.2, 0.25) is 11.8 Å². The Balaban J connectivity index is 1.64. The minimum Gasteiger partial charge on any atom is -0.440 e. The molecule has 1 fully saturated rings. The van der Waals surface area contributed by atoms with Gasteiger partial charge in [0, 0.05) is 23.7 Å². The number of fused-ring (bicyclic) bond motifs is 1. The summed E-state index contributed by atoms with van der Waals surface area (Å²) in [6.07, 6.45) is 0.412. The second-order valence-electron chi connectivity index (χ2n) is 5.41. The van der Waals surface area contributed by atoms with Gasteiger partial charge in [0.15, 0.2) is 5.58 Å². The Morgan fingerprint density at radius 2 is 2.00 bits per heavy atom. The first kappa shape index (κ1) is 13.3. The number of hydrogen-bond acceptors (Lipinski definition) is 3. The van der Waals surface area contributed by atoms with Crippen LogP contribution in [0.2, 0.25) is 5.02 Å². The van der Waals surface area contributed by atoms with E-state index in [1.54, 1.807) is 23.1 Å². The third-order valence-corrected chi connectivity index (χ3v) is 4.14. The monoisotopic (exact) mass is 312 g/mol. The van der Waals surface area contributed by atoms with Gasteiger partial charge in [-0.05, 0) is 30.3 Å². The minimum atomic E-state index is -0.0288. The van der Waals surface area contributed by atoms with Crippen molar-refractivity contribution < 1.29 is 9.21 Å². The summed E-state index contributed by atoms with van der Waals surface area (Å²) in [6, 6.07) is 15.0. The number of rotatable bonds is 2. The highest BCUT2D eigenvalue weighted by Crippen LogP contribution is 2.33. The molecule has 0 aliphatic carbocycles.